The first-order valence-corrected chi connectivity index (χ1v) is 7.80. The summed E-state index contributed by atoms with van der Waals surface area (Å²) in [7, 11) is 1.17. The fourth-order valence-corrected chi connectivity index (χ4v) is 1.75. The molecule has 0 amide bonds. The third kappa shape index (κ3) is 6.54. The minimum absolute atomic E-state index is 0.617. The Morgan fingerprint density at radius 3 is 2.30 bits per heavy atom. The molecule has 0 atom stereocenters. The van der Waals surface area contributed by atoms with E-state index in [1.165, 1.54) is 4.85 Å². The first-order valence-electron chi connectivity index (χ1n) is 6.07. The Kier molecular flexibility index (Phi) is 6.52. The van der Waals surface area contributed by atoms with Gasteiger partial charge in [-0.05, 0) is 23.4 Å². The van der Waals surface area contributed by atoms with E-state index in [4.69, 9.17) is 16.4 Å². The molecule has 130 valence electrons. The molecular weight excluding hydrogens is 361 g/mol. The van der Waals surface area contributed by atoms with Crippen molar-refractivity contribution in [3.05, 3.63) is 23.2 Å². The van der Waals surface area contributed by atoms with Crippen molar-refractivity contribution in [2.24, 2.45) is 0 Å². The van der Waals surface area contributed by atoms with E-state index in [0.29, 0.717) is 11.0 Å². The molecule has 0 spiro atoms. The first-order chi connectivity index (χ1) is 10.5. The maximum absolute atomic E-state index is 9.80. The van der Waals surface area contributed by atoms with Crippen LogP contribution in [0.2, 0.25) is 5.02 Å². The maximum atomic E-state index is 9.80. The van der Waals surface area contributed by atoms with Crippen LogP contribution in [0.3, 0.4) is 0 Å². The van der Waals surface area contributed by atoms with Crippen LogP contribution in [0.25, 0.3) is 11.0 Å². The number of rotatable bonds is 1. The van der Waals surface area contributed by atoms with Crippen molar-refractivity contribution in [3.63, 3.8) is 0 Å². The van der Waals surface area contributed by atoms with Gasteiger partial charge in [-0.25, -0.2) is 9.48 Å². The van der Waals surface area contributed by atoms with Gasteiger partial charge in [0.1, 0.15) is 11.0 Å². The van der Waals surface area contributed by atoms with Gasteiger partial charge in [0.15, 0.2) is 0 Å². The molecule has 2 aromatic rings. The summed E-state index contributed by atoms with van der Waals surface area (Å²) in [6, 6.07) is 5.97. The van der Waals surface area contributed by atoms with E-state index in [1.807, 2.05) is 37.7 Å². The molecule has 0 N–H and O–H groups in total. The second kappa shape index (κ2) is 7.74. The van der Waals surface area contributed by atoms with Gasteiger partial charge >= 0.3 is 31.3 Å². The van der Waals surface area contributed by atoms with Crippen molar-refractivity contribution in [2.45, 2.75) is 0 Å². The standard InChI is InChI=1S/C11H15ClN5O.F4P/c1-15(2)11(16(3)4)18-17-10-7-8(12)5-6-9(10)13-14-17;1-5(2,3)4/h5-7H,1-4H3;/q+1;-1. The van der Waals surface area contributed by atoms with E-state index in [0.717, 1.165) is 11.0 Å². The van der Waals surface area contributed by atoms with Crippen molar-refractivity contribution < 1.29 is 26.2 Å². The van der Waals surface area contributed by atoms with Gasteiger partial charge in [-0.2, -0.15) is 0 Å². The van der Waals surface area contributed by atoms with Gasteiger partial charge in [0.2, 0.25) is 0 Å². The average Bonchev–Trinajstić information content (AvgIpc) is 2.75. The Morgan fingerprint density at radius 2 is 1.83 bits per heavy atom. The van der Waals surface area contributed by atoms with E-state index in [1.54, 1.807) is 18.2 Å². The van der Waals surface area contributed by atoms with E-state index in [2.05, 4.69) is 10.3 Å². The number of amidine groups is 1. The number of aromatic nitrogens is 3. The summed E-state index contributed by atoms with van der Waals surface area (Å²) in [4.78, 5) is 8.90. The SMILES string of the molecule is CN(C)C(On1nnc2ccc(Cl)cc21)=[N+](C)C.F[P-](F)(F)F. The molecule has 23 heavy (non-hydrogen) atoms. The van der Waals surface area contributed by atoms with E-state index in [9.17, 15) is 16.8 Å². The molecule has 0 aliphatic heterocycles. The van der Waals surface area contributed by atoms with Gasteiger partial charge in [0.25, 0.3) is 0 Å². The summed E-state index contributed by atoms with van der Waals surface area (Å²) in [5, 5.41) is 8.58. The fourth-order valence-electron chi connectivity index (χ4n) is 1.58. The molecule has 12 heteroatoms. The average molecular weight is 376 g/mol. The second-order valence-corrected chi connectivity index (χ2v) is 5.84. The number of hydrogen-bond acceptors (Lipinski definition) is 3. The predicted octanol–water partition coefficient (Wildman–Crippen LogP) is 3.25. The molecule has 2 rings (SSSR count). The first kappa shape index (κ1) is 19.4. The van der Waals surface area contributed by atoms with Crippen molar-refractivity contribution in [2.75, 3.05) is 28.2 Å². The van der Waals surface area contributed by atoms with E-state index < -0.39 is 8.51 Å². The van der Waals surface area contributed by atoms with Crippen LogP contribution in [0.15, 0.2) is 18.2 Å². The molecule has 0 saturated heterocycles. The Hall–Kier alpha value is -1.67. The molecular formula is C11H15ClF4N5OP. The summed E-state index contributed by atoms with van der Waals surface area (Å²) in [6.07, 6.45) is 0. The predicted molar refractivity (Wildman–Crippen MR) is 81.3 cm³/mol. The third-order valence-corrected chi connectivity index (χ3v) is 2.55. The Labute approximate surface area is 135 Å². The number of halogens is 5. The zero-order valence-electron chi connectivity index (χ0n) is 12.7. The fraction of sp³-hybridized carbons (Fsp3) is 0.364. The van der Waals surface area contributed by atoms with Gasteiger partial charge in [-0.3, -0.25) is 4.84 Å². The molecule has 6 nitrogen and oxygen atoms in total. The Balaban J connectivity index is 0.000000463. The van der Waals surface area contributed by atoms with Crippen LogP contribution in [-0.2, 0) is 0 Å². The molecule has 0 aliphatic carbocycles. The van der Waals surface area contributed by atoms with Crippen LogP contribution in [0, 0.1) is 0 Å². The summed E-state index contributed by atoms with van der Waals surface area (Å²) < 4.78 is 41.0. The van der Waals surface area contributed by atoms with Crippen LogP contribution in [0.1, 0.15) is 0 Å². The molecule has 0 bridgehead atoms. The van der Waals surface area contributed by atoms with Crippen molar-refractivity contribution >= 4 is 37.2 Å². The van der Waals surface area contributed by atoms with Crippen molar-refractivity contribution in [3.8, 4) is 0 Å². The molecule has 1 heterocycles. The molecule has 1 aromatic heterocycles. The van der Waals surface area contributed by atoms with Crippen LogP contribution in [0.4, 0.5) is 16.8 Å². The molecule has 0 unspecified atom stereocenters. The number of hydrogen-bond donors (Lipinski definition) is 0. The van der Waals surface area contributed by atoms with Crippen LogP contribution < -0.4 is 4.84 Å². The third-order valence-electron chi connectivity index (χ3n) is 2.31. The van der Waals surface area contributed by atoms with Crippen LogP contribution >= 0.6 is 20.1 Å². The topological polar surface area (TPSA) is 46.2 Å². The zero-order valence-corrected chi connectivity index (χ0v) is 14.4. The Morgan fingerprint density at radius 1 is 1.26 bits per heavy atom. The van der Waals surface area contributed by atoms with E-state index in [-0.39, 0.29) is 0 Å². The van der Waals surface area contributed by atoms with Gasteiger partial charge in [-0.1, -0.05) is 16.4 Å². The van der Waals surface area contributed by atoms with E-state index >= 15 is 0 Å². The molecule has 0 saturated carbocycles. The molecule has 1 aromatic carbocycles. The number of benzene rings is 1. The quantitative estimate of drug-likeness (QED) is 0.252. The van der Waals surface area contributed by atoms with Gasteiger partial charge in [-0.15, -0.1) is 5.10 Å². The zero-order chi connectivity index (χ0) is 17.8. The van der Waals surface area contributed by atoms with Crippen LogP contribution in [-0.4, -0.2) is 58.8 Å². The molecule has 0 aliphatic rings. The summed E-state index contributed by atoms with van der Waals surface area (Å²) in [6.45, 7) is 0. The van der Waals surface area contributed by atoms with Gasteiger partial charge in [0.05, 0.1) is 28.2 Å². The van der Waals surface area contributed by atoms with Gasteiger partial charge < -0.3 is 0 Å². The van der Waals surface area contributed by atoms with Crippen molar-refractivity contribution in [1.82, 2.24) is 20.1 Å². The number of fused-ring (bicyclic) bond motifs is 1. The molecule has 0 fully saturated rings. The second-order valence-electron chi connectivity index (χ2n) is 4.64. The summed E-state index contributed by atoms with van der Waals surface area (Å²) in [5.41, 5.74) is 1.46. The van der Waals surface area contributed by atoms with Crippen molar-refractivity contribution in [1.29, 1.82) is 0 Å². The van der Waals surface area contributed by atoms with Gasteiger partial charge in [0, 0.05) is 5.02 Å². The number of nitrogens with zero attached hydrogens (tertiary/aromatic N) is 5. The normalized spacial score (nSPS) is 11.5. The summed E-state index contributed by atoms with van der Waals surface area (Å²) in [5.74, 6) is 0. The Bertz CT molecular complexity index is 693. The summed E-state index contributed by atoms with van der Waals surface area (Å²) >= 11 is 5.96. The molecule has 0 radical (unpaired) electrons. The monoisotopic (exact) mass is 375 g/mol. The minimum atomic E-state index is -6.39. The van der Waals surface area contributed by atoms with Crippen LogP contribution in [0.5, 0.6) is 0 Å².